The molecule has 0 aliphatic rings. The molecule has 2 aromatic carbocycles. The van der Waals surface area contributed by atoms with Gasteiger partial charge in [0.2, 0.25) is 5.91 Å². The van der Waals surface area contributed by atoms with Gasteiger partial charge in [0.25, 0.3) is 0 Å². The number of hydrogen-bond acceptors (Lipinski definition) is 5. The molecule has 0 unspecified atom stereocenters. The van der Waals surface area contributed by atoms with E-state index >= 15 is 0 Å². The van der Waals surface area contributed by atoms with Crippen LogP contribution in [0.25, 0.3) is 27.7 Å². The highest BCUT2D eigenvalue weighted by Gasteiger charge is 2.17. The van der Waals surface area contributed by atoms with Crippen LogP contribution in [-0.2, 0) is 4.79 Å². The third kappa shape index (κ3) is 4.52. The van der Waals surface area contributed by atoms with Crippen molar-refractivity contribution in [1.29, 1.82) is 0 Å². The summed E-state index contributed by atoms with van der Waals surface area (Å²) in [7, 11) is 0. The van der Waals surface area contributed by atoms with Gasteiger partial charge in [-0.1, -0.05) is 34.4 Å². The molecule has 4 rings (SSSR count). The molecular weight excluding hydrogens is 451 g/mol. The summed E-state index contributed by atoms with van der Waals surface area (Å²) in [5.74, 6) is 1.25. The predicted molar refractivity (Wildman–Crippen MR) is 126 cm³/mol. The molecule has 0 aliphatic carbocycles. The van der Waals surface area contributed by atoms with Crippen LogP contribution in [-0.4, -0.2) is 17.7 Å². The van der Waals surface area contributed by atoms with Gasteiger partial charge in [-0.3, -0.25) is 4.79 Å². The van der Waals surface area contributed by atoms with E-state index < -0.39 is 0 Å². The van der Waals surface area contributed by atoms with Gasteiger partial charge in [0.1, 0.15) is 17.1 Å². The number of furan rings is 1. The lowest BCUT2D eigenvalue weighted by Gasteiger charge is -2.12. The van der Waals surface area contributed by atoms with Gasteiger partial charge in [0.05, 0.1) is 17.9 Å². The number of ether oxygens (including phenoxy) is 1. The van der Waals surface area contributed by atoms with Crippen LogP contribution in [0.4, 0.5) is 5.82 Å². The number of nitrogens with one attached hydrogen (secondary N) is 1. The van der Waals surface area contributed by atoms with Gasteiger partial charge in [0.15, 0.2) is 5.82 Å². The lowest BCUT2D eigenvalue weighted by atomic mass is 9.99. The normalized spacial score (nSPS) is 11.7. The summed E-state index contributed by atoms with van der Waals surface area (Å²) in [6, 6.07) is 10.7. The molecule has 0 saturated heterocycles. The smallest absolute Gasteiger partial charge is 0.249 e. The third-order valence-electron chi connectivity index (χ3n) is 4.85. The zero-order valence-electron chi connectivity index (χ0n) is 17.7. The number of nitrogens with zero attached hydrogens (tertiary/aromatic N) is 1. The molecule has 0 fully saturated rings. The van der Waals surface area contributed by atoms with E-state index in [1.807, 2.05) is 32.0 Å². The topological polar surface area (TPSA) is 77.5 Å². The van der Waals surface area contributed by atoms with Crippen molar-refractivity contribution in [1.82, 2.24) is 5.16 Å². The Labute approximate surface area is 194 Å². The Hall–Kier alpha value is -3.22. The Morgan fingerprint density at radius 3 is 2.69 bits per heavy atom. The second kappa shape index (κ2) is 9.10. The molecule has 2 heterocycles. The van der Waals surface area contributed by atoms with Crippen LogP contribution in [0.1, 0.15) is 25.2 Å². The molecule has 0 radical (unpaired) electrons. The Balaban J connectivity index is 1.76. The first-order chi connectivity index (χ1) is 15.4. The van der Waals surface area contributed by atoms with Crippen LogP contribution in [0.3, 0.4) is 0 Å². The molecule has 0 bridgehead atoms. The number of rotatable bonds is 6. The summed E-state index contributed by atoms with van der Waals surface area (Å²) in [5.41, 5.74) is 3.74. The fourth-order valence-corrected chi connectivity index (χ4v) is 3.93. The lowest BCUT2D eigenvalue weighted by Crippen LogP contribution is -2.09. The molecule has 0 atom stereocenters. The summed E-state index contributed by atoms with van der Waals surface area (Å²) < 4.78 is 16.6. The number of anilines is 1. The number of benzene rings is 2. The Bertz CT molecular complexity index is 1340. The minimum Gasteiger partial charge on any atom is -0.493 e. The average molecular weight is 471 g/mol. The van der Waals surface area contributed by atoms with Gasteiger partial charge in [-0.15, -0.1) is 0 Å². The van der Waals surface area contributed by atoms with Gasteiger partial charge in [-0.2, -0.15) is 0 Å². The van der Waals surface area contributed by atoms with Crippen LogP contribution in [0.2, 0.25) is 10.0 Å². The lowest BCUT2D eigenvalue weighted by molar-refractivity contribution is -0.111. The SMILES string of the molecule is CCOc1cc2occ(-c3ccc(Cl)cc3Cl)c2cc1/C(C)=C/C(=O)Nc1cc(C)on1. The standard InChI is InChI=1S/C24H20Cl2N2O4/c1-4-30-21-11-22-18(19(12-31-22)16-6-5-15(25)9-20(16)26)10-17(21)13(2)7-24(29)27-23-8-14(3)32-28-23/h5-12H,4H2,1-3H3,(H,27,28,29)/b13-7+. The number of aromatic nitrogens is 1. The fraction of sp³-hybridized carbons (Fsp3) is 0.167. The number of halogens is 2. The van der Waals surface area contributed by atoms with Gasteiger partial charge < -0.3 is 19.0 Å². The van der Waals surface area contributed by atoms with Crippen LogP contribution in [0, 0.1) is 6.92 Å². The third-order valence-corrected chi connectivity index (χ3v) is 5.40. The maximum Gasteiger partial charge on any atom is 0.249 e. The van der Waals surface area contributed by atoms with Crippen LogP contribution in [0.15, 0.2) is 57.7 Å². The van der Waals surface area contributed by atoms with Crippen LogP contribution < -0.4 is 10.1 Å². The number of carbonyl (C=O) groups is 1. The van der Waals surface area contributed by atoms with Gasteiger partial charge >= 0.3 is 0 Å². The first-order valence-corrected chi connectivity index (χ1v) is 10.7. The van der Waals surface area contributed by atoms with Gasteiger partial charge in [0, 0.05) is 45.3 Å². The Morgan fingerprint density at radius 1 is 1.19 bits per heavy atom. The summed E-state index contributed by atoms with van der Waals surface area (Å²) in [6.45, 7) is 5.95. The van der Waals surface area contributed by atoms with Crippen molar-refractivity contribution < 1.29 is 18.5 Å². The highest BCUT2D eigenvalue weighted by molar-refractivity contribution is 6.36. The quantitative estimate of drug-likeness (QED) is 0.302. The summed E-state index contributed by atoms with van der Waals surface area (Å²) in [6.07, 6.45) is 3.14. The molecule has 0 aliphatic heterocycles. The molecule has 8 heteroatoms. The highest BCUT2D eigenvalue weighted by atomic mass is 35.5. The molecule has 0 saturated carbocycles. The predicted octanol–water partition coefficient (Wildman–Crippen LogP) is 7.14. The summed E-state index contributed by atoms with van der Waals surface area (Å²) >= 11 is 12.5. The van der Waals surface area contributed by atoms with Crippen molar-refractivity contribution in [3.8, 4) is 16.9 Å². The highest BCUT2D eigenvalue weighted by Crippen LogP contribution is 2.40. The molecule has 0 spiro atoms. The molecular formula is C24H20Cl2N2O4. The number of allylic oxidation sites excluding steroid dienone is 1. The molecule has 164 valence electrons. The monoisotopic (exact) mass is 470 g/mol. The molecule has 32 heavy (non-hydrogen) atoms. The van der Waals surface area contributed by atoms with Crippen molar-refractivity contribution in [3.05, 3.63) is 70.1 Å². The molecule has 4 aromatic rings. The molecule has 1 amide bonds. The van der Waals surface area contributed by atoms with Crippen molar-refractivity contribution >= 4 is 51.5 Å². The summed E-state index contributed by atoms with van der Waals surface area (Å²) in [5, 5.41) is 8.38. The number of amides is 1. The van der Waals surface area contributed by atoms with Crippen molar-refractivity contribution in [2.75, 3.05) is 11.9 Å². The van der Waals surface area contributed by atoms with E-state index in [1.54, 1.807) is 31.4 Å². The second-order valence-corrected chi connectivity index (χ2v) is 8.03. The number of hydrogen-bond donors (Lipinski definition) is 1. The number of aryl methyl sites for hydroxylation is 1. The van der Waals surface area contributed by atoms with E-state index in [0.29, 0.717) is 45.1 Å². The molecule has 2 aromatic heterocycles. The number of carbonyl (C=O) groups excluding carboxylic acids is 1. The fourth-order valence-electron chi connectivity index (χ4n) is 3.42. The van der Waals surface area contributed by atoms with Gasteiger partial charge in [-0.25, -0.2) is 0 Å². The molecule has 1 N–H and O–H groups in total. The first-order valence-electron chi connectivity index (χ1n) is 9.92. The van der Waals surface area contributed by atoms with E-state index in [2.05, 4.69) is 10.5 Å². The average Bonchev–Trinajstić information content (AvgIpc) is 3.33. The minimum absolute atomic E-state index is 0.327. The van der Waals surface area contributed by atoms with Crippen LogP contribution >= 0.6 is 23.2 Å². The maximum absolute atomic E-state index is 12.5. The molecule has 6 nitrogen and oxygen atoms in total. The van der Waals surface area contributed by atoms with Crippen molar-refractivity contribution in [2.45, 2.75) is 20.8 Å². The van der Waals surface area contributed by atoms with E-state index in [0.717, 1.165) is 22.1 Å². The Morgan fingerprint density at radius 2 is 2.00 bits per heavy atom. The van der Waals surface area contributed by atoms with E-state index in [4.69, 9.17) is 36.9 Å². The van der Waals surface area contributed by atoms with E-state index in [9.17, 15) is 4.79 Å². The minimum atomic E-state index is -0.327. The van der Waals surface area contributed by atoms with Crippen molar-refractivity contribution in [3.63, 3.8) is 0 Å². The van der Waals surface area contributed by atoms with Gasteiger partial charge in [-0.05, 0) is 44.5 Å². The number of fused-ring (bicyclic) bond motifs is 1. The van der Waals surface area contributed by atoms with E-state index in [-0.39, 0.29) is 5.91 Å². The zero-order valence-corrected chi connectivity index (χ0v) is 19.2. The largest absolute Gasteiger partial charge is 0.493 e. The first kappa shape index (κ1) is 22.0. The van der Waals surface area contributed by atoms with Crippen LogP contribution in [0.5, 0.6) is 5.75 Å². The summed E-state index contributed by atoms with van der Waals surface area (Å²) in [4.78, 5) is 12.5. The van der Waals surface area contributed by atoms with E-state index in [1.165, 1.54) is 6.08 Å². The zero-order chi connectivity index (χ0) is 22.8. The maximum atomic E-state index is 12.5. The second-order valence-electron chi connectivity index (χ2n) is 7.19. The van der Waals surface area contributed by atoms with Crippen molar-refractivity contribution in [2.24, 2.45) is 0 Å². The Kier molecular flexibility index (Phi) is 6.26.